The number of rotatable bonds is 6. The summed E-state index contributed by atoms with van der Waals surface area (Å²) in [4.78, 5) is 16.3. The number of carbonyl (C=O) groups is 1. The minimum Gasteiger partial charge on any atom is -0.497 e. The van der Waals surface area contributed by atoms with Crippen molar-refractivity contribution in [2.24, 2.45) is 0 Å². The average Bonchev–Trinajstić information content (AvgIpc) is 3.09. The van der Waals surface area contributed by atoms with Gasteiger partial charge >= 0.3 is 0 Å². The highest BCUT2D eigenvalue weighted by atomic mass is 16.5. The van der Waals surface area contributed by atoms with Gasteiger partial charge < -0.3 is 19.2 Å². The maximum absolute atomic E-state index is 12.2. The van der Waals surface area contributed by atoms with E-state index < -0.39 is 0 Å². The van der Waals surface area contributed by atoms with E-state index in [4.69, 9.17) is 13.9 Å². The summed E-state index contributed by atoms with van der Waals surface area (Å²) < 4.78 is 15.8. The van der Waals surface area contributed by atoms with Crippen LogP contribution >= 0.6 is 0 Å². The van der Waals surface area contributed by atoms with Crippen LogP contribution < -0.4 is 14.8 Å². The smallest absolute Gasteiger partial charge is 0.251 e. The molecule has 1 amide bonds. The van der Waals surface area contributed by atoms with Crippen molar-refractivity contribution in [3.8, 4) is 11.5 Å². The fraction of sp³-hybridized carbons (Fsp3) is 0.222. The summed E-state index contributed by atoms with van der Waals surface area (Å²) in [5.41, 5.74) is 2.84. The molecule has 3 aromatic rings. The van der Waals surface area contributed by atoms with Gasteiger partial charge in [-0.15, -0.1) is 0 Å². The van der Waals surface area contributed by atoms with Crippen LogP contribution in [0.15, 0.2) is 47.2 Å². The van der Waals surface area contributed by atoms with Crippen molar-refractivity contribution in [3.63, 3.8) is 0 Å². The fourth-order valence-corrected chi connectivity index (χ4v) is 2.49. The Kier molecular flexibility index (Phi) is 4.65. The fourth-order valence-electron chi connectivity index (χ4n) is 2.49. The second kappa shape index (κ2) is 7.04. The summed E-state index contributed by atoms with van der Waals surface area (Å²) in [5, 5.41) is 2.90. The number of benzene rings is 2. The zero-order valence-electron chi connectivity index (χ0n) is 13.5. The van der Waals surface area contributed by atoms with Crippen molar-refractivity contribution in [3.05, 3.63) is 53.9 Å². The van der Waals surface area contributed by atoms with E-state index >= 15 is 0 Å². The zero-order chi connectivity index (χ0) is 16.9. The minimum atomic E-state index is -0.157. The summed E-state index contributed by atoms with van der Waals surface area (Å²) in [6.07, 6.45) is 2.00. The van der Waals surface area contributed by atoms with Crippen LogP contribution in [0, 0.1) is 0 Å². The lowest BCUT2D eigenvalue weighted by Crippen LogP contribution is -2.25. The van der Waals surface area contributed by atoms with Gasteiger partial charge in [0.25, 0.3) is 5.91 Å². The number of hydrogen-bond acceptors (Lipinski definition) is 5. The Morgan fingerprint density at radius 2 is 2.04 bits per heavy atom. The number of fused-ring (bicyclic) bond motifs is 1. The summed E-state index contributed by atoms with van der Waals surface area (Å²) in [6, 6.07) is 10.8. The molecule has 1 N–H and O–H groups in total. The van der Waals surface area contributed by atoms with E-state index in [2.05, 4.69) is 10.3 Å². The van der Waals surface area contributed by atoms with Crippen LogP contribution in [0.3, 0.4) is 0 Å². The molecular weight excluding hydrogens is 308 g/mol. The third-order valence-electron chi connectivity index (χ3n) is 3.76. The largest absolute Gasteiger partial charge is 0.497 e. The van der Waals surface area contributed by atoms with Gasteiger partial charge in [-0.1, -0.05) is 0 Å². The first-order chi connectivity index (χ1) is 11.7. The molecule has 1 aromatic heterocycles. The Labute approximate surface area is 139 Å². The molecule has 0 aliphatic carbocycles. The molecule has 3 rings (SSSR count). The summed E-state index contributed by atoms with van der Waals surface area (Å²) in [5.74, 6) is 1.37. The highest BCUT2D eigenvalue weighted by Crippen LogP contribution is 2.24. The molecule has 2 aromatic carbocycles. The maximum Gasteiger partial charge on any atom is 0.251 e. The SMILES string of the molecule is COc1ccc(OC)c(CCNC(=O)c2ccc3ncoc3c2)c1. The molecule has 0 unspecified atom stereocenters. The highest BCUT2D eigenvalue weighted by Gasteiger charge is 2.09. The van der Waals surface area contributed by atoms with E-state index in [1.807, 2.05) is 18.2 Å². The third-order valence-corrected chi connectivity index (χ3v) is 3.76. The van der Waals surface area contributed by atoms with Gasteiger partial charge in [0.2, 0.25) is 0 Å². The lowest BCUT2D eigenvalue weighted by Gasteiger charge is -2.11. The van der Waals surface area contributed by atoms with Crippen LogP contribution in [0.1, 0.15) is 15.9 Å². The average molecular weight is 326 g/mol. The quantitative estimate of drug-likeness (QED) is 0.754. The van der Waals surface area contributed by atoms with Gasteiger partial charge in [-0.05, 0) is 48.4 Å². The number of methoxy groups -OCH3 is 2. The van der Waals surface area contributed by atoms with E-state index in [1.165, 1.54) is 6.39 Å². The van der Waals surface area contributed by atoms with Crippen molar-refractivity contribution < 1.29 is 18.7 Å². The molecule has 6 nitrogen and oxygen atoms in total. The topological polar surface area (TPSA) is 73.6 Å². The highest BCUT2D eigenvalue weighted by molar-refractivity contribution is 5.96. The van der Waals surface area contributed by atoms with Crippen LogP contribution in [-0.2, 0) is 6.42 Å². The van der Waals surface area contributed by atoms with E-state index in [0.717, 1.165) is 22.6 Å². The predicted molar refractivity (Wildman–Crippen MR) is 89.6 cm³/mol. The first-order valence-corrected chi connectivity index (χ1v) is 7.53. The molecule has 0 spiro atoms. The van der Waals surface area contributed by atoms with Gasteiger partial charge in [-0.25, -0.2) is 4.98 Å². The molecule has 0 atom stereocenters. The van der Waals surface area contributed by atoms with E-state index in [0.29, 0.717) is 24.1 Å². The first kappa shape index (κ1) is 15.9. The van der Waals surface area contributed by atoms with Crippen LogP contribution in [-0.4, -0.2) is 31.7 Å². The maximum atomic E-state index is 12.2. The molecule has 0 aliphatic rings. The zero-order valence-corrected chi connectivity index (χ0v) is 13.5. The summed E-state index contributed by atoms with van der Waals surface area (Å²) >= 11 is 0. The Balaban J connectivity index is 1.64. The standard InChI is InChI=1S/C18H18N2O4/c1-22-14-4-6-16(23-2)12(9-14)7-8-19-18(21)13-3-5-15-17(10-13)24-11-20-15/h3-6,9-11H,7-8H2,1-2H3,(H,19,21). The Hall–Kier alpha value is -3.02. The Bertz CT molecular complexity index is 857. The number of hydrogen-bond donors (Lipinski definition) is 1. The van der Waals surface area contributed by atoms with Crippen LogP contribution in [0.25, 0.3) is 11.1 Å². The lowest BCUT2D eigenvalue weighted by atomic mass is 10.1. The molecule has 1 heterocycles. The normalized spacial score (nSPS) is 10.6. The molecule has 0 saturated carbocycles. The number of carbonyl (C=O) groups excluding carboxylic acids is 1. The van der Waals surface area contributed by atoms with E-state index in [1.54, 1.807) is 32.4 Å². The van der Waals surface area contributed by atoms with Gasteiger partial charge in [-0.2, -0.15) is 0 Å². The molecule has 24 heavy (non-hydrogen) atoms. The monoisotopic (exact) mass is 326 g/mol. The summed E-state index contributed by atoms with van der Waals surface area (Å²) in [7, 11) is 3.24. The second-order valence-electron chi connectivity index (χ2n) is 5.22. The van der Waals surface area contributed by atoms with Crippen molar-refractivity contribution in [2.75, 3.05) is 20.8 Å². The number of ether oxygens (including phenoxy) is 2. The lowest BCUT2D eigenvalue weighted by molar-refractivity contribution is 0.0954. The van der Waals surface area contributed by atoms with Crippen molar-refractivity contribution in [1.29, 1.82) is 0 Å². The van der Waals surface area contributed by atoms with Gasteiger partial charge in [0.15, 0.2) is 12.0 Å². The van der Waals surface area contributed by atoms with Crippen LogP contribution in [0.2, 0.25) is 0 Å². The minimum absolute atomic E-state index is 0.157. The summed E-state index contributed by atoms with van der Waals surface area (Å²) in [6.45, 7) is 0.483. The number of aromatic nitrogens is 1. The molecular formula is C18H18N2O4. The first-order valence-electron chi connectivity index (χ1n) is 7.53. The molecule has 0 bridgehead atoms. The molecule has 124 valence electrons. The Morgan fingerprint density at radius 1 is 1.17 bits per heavy atom. The van der Waals surface area contributed by atoms with Gasteiger partial charge in [0, 0.05) is 12.1 Å². The molecule has 6 heteroatoms. The Morgan fingerprint density at radius 3 is 2.83 bits per heavy atom. The van der Waals surface area contributed by atoms with Crippen molar-refractivity contribution in [1.82, 2.24) is 10.3 Å². The van der Waals surface area contributed by atoms with Gasteiger partial charge in [-0.3, -0.25) is 4.79 Å². The number of nitrogens with zero attached hydrogens (tertiary/aromatic N) is 1. The van der Waals surface area contributed by atoms with Crippen molar-refractivity contribution >= 4 is 17.0 Å². The van der Waals surface area contributed by atoms with Crippen LogP contribution in [0.4, 0.5) is 0 Å². The molecule has 0 saturated heterocycles. The second-order valence-corrected chi connectivity index (χ2v) is 5.22. The molecule has 0 aliphatic heterocycles. The molecule has 0 fully saturated rings. The van der Waals surface area contributed by atoms with E-state index in [-0.39, 0.29) is 5.91 Å². The molecule has 0 radical (unpaired) electrons. The van der Waals surface area contributed by atoms with Crippen LogP contribution in [0.5, 0.6) is 11.5 Å². The number of oxazole rings is 1. The van der Waals surface area contributed by atoms with Gasteiger partial charge in [0.1, 0.15) is 17.0 Å². The number of amides is 1. The van der Waals surface area contributed by atoms with Crippen molar-refractivity contribution in [2.45, 2.75) is 6.42 Å². The third kappa shape index (κ3) is 3.32. The van der Waals surface area contributed by atoms with E-state index in [9.17, 15) is 4.79 Å². The van der Waals surface area contributed by atoms with Gasteiger partial charge in [0.05, 0.1) is 14.2 Å². The number of nitrogens with one attached hydrogen (secondary N) is 1. The predicted octanol–water partition coefficient (Wildman–Crippen LogP) is 2.82.